The summed E-state index contributed by atoms with van der Waals surface area (Å²) in [7, 11) is 0. The molecule has 9 nitrogen and oxygen atoms in total. The fourth-order valence-corrected chi connectivity index (χ4v) is 3.86. The van der Waals surface area contributed by atoms with Crippen molar-refractivity contribution in [1.29, 1.82) is 0 Å². The van der Waals surface area contributed by atoms with Gasteiger partial charge < -0.3 is 20.1 Å². The van der Waals surface area contributed by atoms with Gasteiger partial charge in [0.2, 0.25) is 5.91 Å². The molecule has 3 aromatic heterocycles. The maximum absolute atomic E-state index is 15.1. The number of fused-ring (bicyclic) bond motifs is 2. The summed E-state index contributed by atoms with van der Waals surface area (Å²) in [6.45, 7) is 0.327. The summed E-state index contributed by atoms with van der Waals surface area (Å²) < 4.78 is 29.8. The number of aliphatic hydroxyl groups excluding tert-OH is 1. The minimum atomic E-state index is -1.10. The SMILES string of the molecule is O=C(Nc1cn2cc(-c3c(Cl)c(F)c(NCCCO)c4[nH]ncc34)ncc2n1)[C@@H]1C[C@@H]1F. The summed E-state index contributed by atoms with van der Waals surface area (Å²) in [5.41, 5.74) is 1.75. The van der Waals surface area contributed by atoms with Crippen molar-refractivity contribution >= 4 is 45.6 Å². The number of H-pyrrole nitrogens is 1. The van der Waals surface area contributed by atoms with Gasteiger partial charge in [-0.3, -0.25) is 14.9 Å². The van der Waals surface area contributed by atoms with E-state index in [1.807, 2.05) is 0 Å². The third-order valence-electron chi connectivity index (χ3n) is 5.33. The number of nitrogens with zero attached hydrogens (tertiary/aromatic N) is 4. The zero-order valence-electron chi connectivity index (χ0n) is 16.6. The van der Waals surface area contributed by atoms with Gasteiger partial charge in [0, 0.05) is 30.3 Å². The van der Waals surface area contributed by atoms with E-state index in [1.54, 1.807) is 16.8 Å². The van der Waals surface area contributed by atoms with Crippen LogP contribution >= 0.6 is 11.6 Å². The van der Waals surface area contributed by atoms with Crippen LogP contribution in [0.25, 0.3) is 27.8 Å². The van der Waals surface area contributed by atoms with Gasteiger partial charge in [0.25, 0.3) is 0 Å². The first kappa shape index (κ1) is 20.6. The third-order valence-corrected chi connectivity index (χ3v) is 5.68. The molecule has 1 aliphatic carbocycles. The predicted octanol–water partition coefficient (Wildman–Crippen LogP) is 3.16. The molecule has 1 amide bonds. The smallest absolute Gasteiger partial charge is 0.231 e. The number of rotatable bonds is 7. The largest absolute Gasteiger partial charge is 0.396 e. The molecule has 1 aromatic carbocycles. The Balaban J connectivity index is 1.52. The van der Waals surface area contributed by atoms with E-state index < -0.39 is 23.8 Å². The Bertz CT molecular complexity index is 1340. The summed E-state index contributed by atoms with van der Waals surface area (Å²) in [5.74, 6) is -1.44. The van der Waals surface area contributed by atoms with Crippen LogP contribution in [0.3, 0.4) is 0 Å². The van der Waals surface area contributed by atoms with Gasteiger partial charge in [-0.1, -0.05) is 11.6 Å². The highest BCUT2D eigenvalue weighted by Gasteiger charge is 2.43. The molecule has 0 unspecified atom stereocenters. The number of aromatic amines is 1. The number of alkyl halides is 1. The van der Waals surface area contributed by atoms with Crippen LogP contribution in [0.2, 0.25) is 5.02 Å². The van der Waals surface area contributed by atoms with Crippen LogP contribution in [0.1, 0.15) is 12.8 Å². The molecule has 1 saturated carbocycles. The molecule has 3 heterocycles. The molecule has 1 aliphatic rings. The Kier molecular flexibility index (Phi) is 5.14. The molecule has 166 valence electrons. The lowest BCUT2D eigenvalue weighted by Crippen LogP contribution is -2.15. The van der Waals surface area contributed by atoms with Crippen LogP contribution in [0, 0.1) is 11.7 Å². The van der Waals surface area contributed by atoms with Crippen molar-refractivity contribution in [3.63, 3.8) is 0 Å². The number of aromatic nitrogens is 5. The van der Waals surface area contributed by atoms with E-state index in [9.17, 15) is 9.18 Å². The minimum Gasteiger partial charge on any atom is -0.396 e. The molecule has 0 bridgehead atoms. The number of halogens is 3. The van der Waals surface area contributed by atoms with Gasteiger partial charge in [0.1, 0.15) is 6.17 Å². The molecule has 4 aromatic rings. The van der Waals surface area contributed by atoms with Gasteiger partial charge in [-0.2, -0.15) is 5.10 Å². The van der Waals surface area contributed by atoms with E-state index in [0.717, 1.165) is 0 Å². The molecule has 32 heavy (non-hydrogen) atoms. The van der Waals surface area contributed by atoms with Gasteiger partial charge in [-0.15, -0.1) is 0 Å². The monoisotopic (exact) mass is 461 g/mol. The summed E-state index contributed by atoms with van der Waals surface area (Å²) >= 11 is 6.40. The number of anilines is 2. The molecule has 0 spiro atoms. The molecular weight excluding hydrogens is 444 g/mol. The van der Waals surface area contributed by atoms with Gasteiger partial charge in [-0.05, 0) is 12.8 Å². The number of amides is 1. The summed E-state index contributed by atoms with van der Waals surface area (Å²) in [4.78, 5) is 20.6. The minimum absolute atomic E-state index is 0.0289. The van der Waals surface area contributed by atoms with E-state index in [1.165, 1.54) is 12.4 Å². The second kappa shape index (κ2) is 7.99. The molecular formula is C20H18ClF2N7O2. The van der Waals surface area contributed by atoms with E-state index >= 15 is 4.39 Å². The van der Waals surface area contributed by atoms with Crippen LogP contribution < -0.4 is 10.6 Å². The van der Waals surface area contributed by atoms with Crippen molar-refractivity contribution in [2.24, 2.45) is 5.92 Å². The van der Waals surface area contributed by atoms with Crippen LogP contribution in [0.4, 0.5) is 20.3 Å². The molecule has 12 heteroatoms. The highest BCUT2D eigenvalue weighted by Crippen LogP contribution is 2.40. The van der Waals surface area contributed by atoms with Gasteiger partial charge in [0.15, 0.2) is 17.3 Å². The Hall–Kier alpha value is -3.31. The number of hydrogen-bond donors (Lipinski definition) is 4. The lowest BCUT2D eigenvalue weighted by Gasteiger charge is -2.13. The second-order valence-electron chi connectivity index (χ2n) is 7.55. The first-order chi connectivity index (χ1) is 15.5. The Labute approximate surface area is 184 Å². The highest BCUT2D eigenvalue weighted by molar-refractivity contribution is 6.35. The van der Waals surface area contributed by atoms with E-state index in [0.29, 0.717) is 40.8 Å². The number of hydrogen-bond acceptors (Lipinski definition) is 6. The summed E-state index contributed by atoms with van der Waals surface area (Å²) in [6.07, 6.45) is 5.74. The maximum atomic E-state index is 15.1. The van der Waals surface area contributed by atoms with Crippen LogP contribution in [-0.2, 0) is 4.79 Å². The van der Waals surface area contributed by atoms with Crippen molar-refractivity contribution in [2.75, 3.05) is 23.8 Å². The molecule has 2 atom stereocenters. The lowest BCUT2D eigenvalue weighted by atomic mass is 10.1. The topological polar surface area (TPSA) is 120 Å². The standard InChI is InChI=1S/C20H18ClF2N7O2/c21-16-15(10-5-26-29-18(10)19(17(16)23)24-2-1-3-31)12-7-30-8-13(27-14(30)6-25-12)28-20(32)9-4-11(9)22/h5-9,11,24,31H,1-4H2,(H,26,29)(H,28,32)/t9-,11+/m1/s1. The molecule has 0 radical (unpaired) electrons. The van der Waals surface area contributed by atoms with E-state index in [4.69, 9.17) is 16.7 Å². The Morgan fingerprint density at radius 3 is 2.94 bits per heavy atom. The Morgan fingerprint density at radius 2 is 2.19 bits per heavy atom. The number of benzene rings is 1. The van der Waals surface area contributed by atoms with Crippen molar-refractivity contribution in [3.8, 4) is 11.3 Å². The molecule has 0 saturated heterocycles. The van der Waals surface area contributed by atoms with E-state index in [-0.39, 0.29) is 29.6 Å². The maximum Gasteiger partial charge on any atom is 0.231 e. The third kappa shape index (κ3) is 3.53. The number of imidazole rings is 1. The average molecular weight is 462 g/mol. The molecule has 0 aliphatic heterocycles. The zero-order valence-corrected chi connectivity index (χ0v) is 17.3. The normalized spacial score (nSPS) is 17.8. The number of carbonyl (C=O) groups is 1. The van der Waals surface area contributed by atoms with Crippen molar-refractivity contribution in [2.45, 2.75) is 19.0 Å². The van der Waals surface area contributed by atoms with Crippen molar-refractivity contribution in [3.05, 3.63) is 35.6 Å². The zero-order chi connectivity index (χ0) is 22.4. The van der Waals surface area contributed by atoms with Gasteiger partial charge >= 0.3 is 0 Å². The molecule has 5 rings (SSSR count). The fourth-order valence-electron chi connectivity index (χ4n) is 3.57. The van der Waals surface area contributed by atoms with E-state index in [2.05, 4.69) is 30.8 Å². The second-order valence-corrected chi connectivity index (χ2v) is 7.93. The van der Waals surface area contributed by atoms with Crippen LogP contribution in [0.15, 0.2) is 24.8 Å². The number of nitrogens with one attached hydrogen (secondary N) is 3. The van der Waals surface area contributed by atoms with Crippen molar-refractivity contribution in [1.82, 2.24) is 24.6 Å². The number of carbonyl (C=O) groups excluding carboxylic acids is 1. The van der Waals surface area contributed by atoms with Crippen LogP contribution in [0.5, 0.6) is 0 Å². The van der Waals surface area contributed by atoms with Crippen molar-refractivity contribution < 1.29 is 18.7 Å². The quantitative estimate of drug-likeness (QED) is 0.314. The highest BCUT2D eigenvalue weighted by atomic mass is 35.5. The number of aliphatic hydroxyl groups is 1. The first-order valence-corrected chi connectivity index (χ1v) is 10.3. The fraction of sp³-hybridized carbons (Fsp3) is 0.300. The summed E-state index contributed by atoms with van der Waals surface area (Å²) in [5, 5.41) is 21.7. The first-order valence-electron chi connectivity index (χ1n) is 9.96. The summed E-state index contributed by atoms with van der Waals surface area (Å²) in [6, 6.07) is 0. The van der Waals surface area contributed by atoms with Gasteiger partial charge in [0.05, 0.1) is 46.4 Å². The molecule has 4 N–H and O–H groups in total. The predicted molar refractivity (Wildman–Crippen MR) is 115 cm³/mol. The van der Waals surface area contributed by atoms with Crippen LogP contribution in [-0.4, -0.2) is 54.9 Å². The Morgan fingerprint density at radius 1 is 1.38 bits per heavy atom. The van der Waals surface area contributed by atoms with Gasteiger partial charge in [-0.25, -0.2) is 13.8 Å². The molecule has 1 fully saturated rings. The average Bonchev–Trinajstić information content (AvgIpc) is 3.14. The lowest BCUT2D eigenvalue weighted by molar-refractivity contribution is -0.117.